The Hall–Kier alpha value is -0.860. The molecule has 1 aromatic carbocycles. The molecule has 0 spiro atoms. The first-order valence-corrected chi connectivity index (χ1v) is 8.83. The summed E-state index contributed by atoms with van der Waals surface area (Å²) >= 11 is 0. The van der Waals surface area contributed by atoms with Gasteiger partial charge in [0.1, 0.15) is 0 Å². The molecule has 1 aromatic rings. The molecule has 2 rings (SSSR count). The third-order valence-electron chi connectivity index (χ3n) is 4.51. The molecule has 1 heterocycles. The lowest BCUT2D eigenvalue weighted by atomic mass is 10.00. The molecule has 0 amide bonds. The molecule has 21 heavy (non-hydrogen) atoms. The zero-order valence-corrected chi connectivity index (χ0v) is 13.9. The fraction of sp³-hybridized carbons (Fsp3) is 0.684. The predicted molar refractivity (Wildman–Crippen MR) is 91.6 cm³/mol. The quantitative estimate of drug-likeness (QED) is 0.763. The van der Waals surface area contributed by atoms with Crippen molar-refractivity contribution in [2.75, 3.05) is 19.6 Å². The smallest absolute Gasteiger partial charge is 0.0323 e. The molecular weight excluding hydrogens is 256 g/mol. The maximum absolute atomic E-state index is 3.87. The van der Waals surface area contributed by atoms with Gasteiger partial charge in [-0.05, 0) is 44.8 Å². The van der Waals surface area contributed by atoms with Gasteiger partial charge in [0.25, 0.3) is 0 Å². The van der Waals surface area contributed by atoms with Crippen LogP contribution in [0, 0.1) is 0 Å². The fourth-order valence-corrected chi connectivity index (χ4v) is 3.37. The molecule has 118 valence electrons. The summed E-state index contributed by atoms with van der Waals surface area (Å²) in [5.74, 6) is 0. The highest BCUT2D eigenvalue weighted by Gasteiger charge is 2.17. The van der Waals surface area contributed by atoms with Crippen LogP contribution in [-0.4, -0.2) is 30.6 Å². The zero-order chi connectivity index (χ0) is 14.9. The Morgan fingerprint density at radius 1 is 1.10 bits per heavy atom. The van der Waals surface area contributed by atoms with E-state index in [1.165, 1.54) is 63.7 Å². The van der Waals surface area contributed by atoms with E-state index in [1.54, 1.807) is 0 Å². The summed E-state index contributed by atoms with van der Waals surface area (Å²) in [6, 6.07) is 12.0. The Bertz CT molecular complexity index is 370. The number of likely N-dealkylation sites (tertiary alicyclic amines) is 1. The molecule has 2 unspecified atom stereocenters. The number of hydrogen-bond donors (Lipinski definition) is 1. The van der Waals surface area contributed by atoms with Crippen molar-refractivity contribution in [2.24, 2.45) is 0 Å². The van der Waals surface area contributed by atoms with E-state index in [0.29, 0.717) is 12.1 Å². The van der Waals surface area contributed by atoms with Gasteiger partial charge in [0, 0.05) is 18.6 Å². The van der Waals surface area contributed by atoms with Crippen molar-refractivity contribution in [3.05, 3.63) is 35.9 Å². The van der Waals surface area contributed by atoms with E-state index < -0.39 is 0 Å². The maximum Gasteiger partial charge on any atom is 0.0323 e. The van der Waals surface area contributed by atoms with Gasteiger partial charge in [0.05, 0.1) is 0 Å². The van der Waals surface area contributed by atoms with E-state index in [-0.39, 0.29) is 0 Å². The summed E-state index contributed by atoms with van der Waals surface area (Å²) in [6.07, 6.45) is 7.98. The number of rotatable bonds is 8. The summed E-state index contributed by atoms with van der Waals surface area (Å²) in [4.78, 5) is 2.63. The monoisotopic (exact) mass is 288 g/mol. The van der Waals surface area contributed by atoms with Crippen molar-refractivity contribution in [1.82, 2.24) is 10.2 Å². The molecule has 0 bridgehead atoms. The molecular formula is C19H32N2. The number of hydrogen-bond acceptors (Lipinski definition) is 2. The minimum absolute atomic E-state index is 0.506. The standard InChI is InChI=1S/C19H32N2/c1-3-4-13-19(18-11-7-5-8-12-18)20-17(2)16-21-14-9-6-10-15-21/h5,7-8,11-12,17,19-20H,3-4,6,9-10,13-16H2,1-2H3. The van der Waals surface area contributed by atoms with Gasteiger partial charge in [0.15, 0.2) is 0 Å². The van der Waals surface area contributed by atoms with Crippen LogP contribution in [0.2, 0.25) is 0 Å². The van der Waals surface area contributed by atoms with Gasteiger partial charge in [0.2, 0.25) is 0 Å². The molecule has 2 nitrogen and oxygen atoms in total. The number of nitrogens with one attached hydrogen (secondary N) is 1. The maximum atomic E-state index is 3.87. The third-order valence-corrected chi connectivity index (χ3v) is 4.51. The Morgan fingerprint density at radius 2 is 1.81 bits per heavy atom. The third kappa shape index (κ3) is 5.80. The first-order valence-electron chi connectivity index (χ1n) is 8.83. The Labute approximate surface area is 130 Å². The zero-order valence-electron chi connectivity index (χ0n) is 13.9. The highest BCUT2D eigenvalue weighted by atomic mass is 15.2. The molecule has 1 aliphatic rings. The van der Waals surface area contributed by atoms with E-state index in [4.69, 9.17) is 0 Å². The molecule has 0 aliphatic carbocycles. The second-order valence-corrected chi connectivity index (χ2v) is 6.53. The van der Waals surface area contributed by atoms with Gasteiger partial charge in [-0.2, -0.15) is 0 Å². The minimum atomic E-state index is 0.506. The highest BCUT2D eigenvalue weighted by Crippen LogP contribution is 2.20. The summed E-state index contributed by atoms with van der Waals surface area (Å²) in [7, 11) is 0. The molecule has 1 saturated heterocycles. The number of unbranched alkanes of at least 4 members (excludes halogenated alkanes) is 1. The SMILES string of the molecule is CCCCC(NC(C)CN1CCCCC1)c1ccccc1. The molecule has 0 aromatic heterocycles. The van der Waals surface area contributed by atoms with Gasteiger partial charge in [-0.25, -0.2) is 0 Å². The molecule has 2 heteroatoms. The first kappa shape index (κ1) is 16.5. The van der Waals surface area contributed by atoms with E-state index in [2.05, 4.69) is 54.4 Å². The van der Waals surface area contributed by atoms with Crippen LogP contribution in [0.1, 0.15) is 64.0 Å². The van der Waals surface area contributed by atoms with Gasteiger partial charge < -0.3 is 10.2 Å². The van der Waals surface area contributed by atoms with E-state index in [9.17, 15) is 0 Å². The van der Waals surface area contributed by atoms with Crippen LogP contribution < -0.4 is 5.32 Å². The summed E-state index contributed by atoms with van der Waals surface area (Å²) in [5, 5.41) is 3.87. The normalized spacial score (nSPS) is 19.3. The van der Waals surface area contributed by atoms with E-state index in [0.717, 1.165) is 0 Å². The van der Waals surface area contributed by atoms with E-state index >= 15 is 0 Å². The van der Waals surface area contributed by atoms with E-state index in [1.807, 2.05) is 0 Å². The number of benzene rings is 1. The van der Waals surface area contributed by atoms with Crippen LogP contribution in [0.15, 0.2) is 30.3 Å². The van der Waals surface area contributed by atoms with Gasteiger partial charge in [-0.15, -0.1) is 0 Å². The lowest BCUT2D eigenvalue weighted by Gasteiger charge is -2.31. The first-order chi connectivity index (χ1) is 10.3. The molecule has 0 radical (unpaired) electrons. The van der Waals surface area contributed by atoms with Crippen molar-refractivity contribution < 1.29 is 0 Å². The van der Waals surface area contributed by atoms with Crippen molar-refractivity contribution in [1.29, 1.82) is 0 Å². The van der Waals surface area contributed by atoms with Crippen molar-refractivity contribution in [3.63, 3.8) is 0 Å². The van der Waals surface area contributed by atoms with Gasteiger partial charge >= 0.3 is 0 Å². The Balaban J connectivity index is 1.87. The summed E-state index contributed by atoms with van der Waals surface area (Å²) in [5.41, 5.74) is 1.44. The van der Waals surface area contributed by atoms with Crippen LogP contribution in [0.5, 0.6) is 0 Å². The average Bonchev–Trinajstić information content (AvgIpc) is 2.53. The largest absolute Gasteiger partial charge is 0.306 e. The van der Waals surface area contributed by atoms with Crippen molar-refractivity contribution >= 4 is 0 Å². The second kappa shape index (κ2) is 9.22. The van der Waals surface area contributed by atoms with Gasteiger partial charge in [-0.1, -0.05) is 56.5 Å². The molecule has 1 N–H and O–H groups in total. The van der Waals surface area contributed by atoms with Crippen LogP contribution in [0.4, 0.5) is 0 Å². The van der Waals surface area contributed by atoms with Gasteiger partial charge in [-0.3, -0.25) is 0 Å². The summed E-state index contributed by atoms with van der Waals surface area (Å²) in [6.45, 7) is 8.39. The second-order valence-electron chi connectivity index (χ2n) is 6.53. The molecule has 1 aliphatic heterocycles. The minimum Gasteiger partial charge on any atom is -0.306 e. The topological polar surface area (TPSA) is 15.3 Å². The van der Waals surface area contributed by atoms with Crippen LogP contribution >= 0.6 is 0 Å². The average molecular weight is 288 g/mol. The van der Waals surface area contributed by atoms with Crippen molar-refractivity contribution in [3.8, 4) is 0 Å². The van der Waals surface area contributed by atoms with Crippen LogP contribution in [0.25, 0.3) is 0 Å². The lowest BCUT2D eigenvalue weighted by Crippen LogP contribution is -2.42. The molecule has 1 fully saturated rings. The lowest BCUT2D eigenvalue weighted by molar-refractivity contribution is 0.203. The predicted octanol–water partition coefficient (Wildman–Crippen LogP) is 4.38. The highest BCUT2D eigenvalue weighted by molar-refractivity contribution is 5.19. The fourth-order valence-electron chi connectivity index (χ4n) is 3.37. The number of piperidine rings is 1. The van der Waals surface area contributed by atoms with Crippen LogP contribution in [0.3, 0.4) is 0 Å². The molecule has 0 saturated carbocycles. The van der Waals surface area contributed by atoms with Crippen LogP contribution in [-0.2, 0) is 0 Å². The Kier molecular flexibility index (Phi) is 7.25. The Morgan fingerprint density at radius 3 is 2.48 bits per heavy atom. The van der Waals surface area contributed by atoms with Crippen molar-refractivity contribution in [2.45, 2.75) is 64.5 Å². The summed E-state index contributed by atoms with van der Waals surface area (Å²) < 4.78 is 0. The number of nitrogens with zero attached hydrogens (tertiary/aromatic N) is 1. The molecule has 2 atom stereocenters.